The van der Waals surface area contributed by atoms with Crippen LogP contribution in [0.3, 0.4) is 0 Å². The van der Waals surface area contributed by atoms with Gasteiger partial charge in [-0.1, -0.05) is 0 Å². The van der Waals surface area contributed by atoms with Crippen LogP contribution in [-0.4, -0.2) is 26.4 Å². The molecule has 1 atom stereocenters. The van der Waals surface area contributed by atoms with Gasteiger partial charge in [-0.15, -0.1) is 0 Å². The van der Waals surface area contributed by atoms with Crippen LogP contribution >= 0.6 is 0 Å². The summed E-state index contributed by atoms with van der Waals surface area (Å²) in [5, 5.41) is 3.06. The lowest BCUT2D eigenvalue weighted by atomic mass is 10.2. The zero-order chi connectivity index (χ0) is 12.7. The lowest BCUT2D eigenvalue weighted by Crippen LogP contribution is -2.15. The van der Waals surface area contributed by atoms with Crippen LogP contribution in [0, 0.1) is 6.92 Å². The maximum atomic E-state index is 5.70. The monoisotopic (exact) mass is 241 g/mol. The quantitative estimate of drug-likeness (QED) is 0.758. The molecular formula is C13H23NO3. The topological polar surface area (TPSA) is 43.6 Å². The first-order valence-corrected chi connectivity index (χ1v) is 6.09. The van der Waals surface area contributed by atoms with Crippen molar-refractivity contribution in [3.8, 4) is 0 Å². The van der Waals surface area contributed by atoms with E-state index < -0.39 is 0 Å². The smallest absolute Gasteiger partial charge is 0.118 e. The van der Waals surface area contributed by atoms with Crippen LogP contribution in [0.25, 0.3) is 0 Å². The lowest BCUT2D eigenvalue weighted by molar-refractivity contribution is -0.0120. The summed E-state index contributed by atoms with van der Waals surface area (Å²) >= 11 is 0. The molecule has 0 saturated heterocycles. The fourth-order valence-corrected chi connectivity index (χ4v) is 1.56. The van der Waals surface area contributed by atoms with Crippen LogP contribution in [0.1, 0.15) is 30.9 Å². The van der Waals surface area contributed by atoms with E-state index in [0.29, 0.717) is 13.2 Å². The van der Waals surface area contributed by atoms with E-state index in [0.717, 1.165) is 30.2 Å². The van der Waals surface area contributed by atoms with Crippen molar-refractivity contribution in [2.45, 2.75) is 40.0 Å². The van der Waals surface area contributed by atoms with Gasteiger partial charge in [-0.3, -0.25) is 0 Å². The number of rotatable bonds is 8. The highest BCUT2D eigenvalue weighted by Gasteiger charge is 2.09. The highest BCUT2D eigenvalue weighted by Crippen LogP contribution is 2.16. The molecule has 1 unspecified atom stereocenters. The molecule has 1 aromatic rings. The SMILES string of the molecule is CCOCC(C)OCc1cc(CNC)oc1C. The molecule has 4 heteroatoms. The van der Waals surface area contributed by atoms with Crippen molar-refractivity contribution in [1.82, 2.24) is 5.32 Å². The Kier molecular flexibility index (Phi) is 6.26. The number of furan rings is 1. The molecule has 0 saturated carbocycles. The highest BCUT2D eigenvalue weighted by molar-refractivity contribution is 5.19. The van der Waals surface area contributed by atoms with Gasteiger partial charge in [0.05, 0.1) is 25.9 Å². The van der Waals surface area contributed by atoms with E-state index in [1.807, 2.05) is 33.9 Å². The molecule has 0 aromatic carbocycles. The molecule has 0 bridgehead atoms. The van der Waals surface area contributed by atoms with E-state index in [1.54, 1.807) is 0 Å². The molecular weight excluding hydrogens is 218 g/mol. The zero-order valence-corrected chi connectivity index (χ0v) is 11.2. The third kappa shape index (κ3) is 4.89. The van der Waals surface area contributed by atoms with Crippen molar-refractivity contribution < 1.29 is 13.9 Å². The summed E-state index contributed by atoms with van der Waals surface area (Å²) in [4.78, 5) is 0. The Morgan fingerprint density at radius 2 is 2.24 bits per heavy atom. The average molecular weight is 241 g/mol. The predicted octanol–water partition coefficient (Wildman–Crippen LogP) is 2.25. The standard InChI is InChI=1S/C13H23NO3/c1-5-15-8-10(2)16-9-12-6-13(7-14-4)17-11(12)3/h6,10,14H,5,7-9H2,1-4H3. The Balaban J connectivity index is 2.40. The molecule has 0 spiro atoms. The second kappa shape index (κ2) is 7.48. The molecule has 0 amide bonds. The number of ether oxygens (including phenoxy) is 2. The zero-order valence-electron chi connectivity index (χ0n) is 11.2. The molecule has 4 nitrogen and oxygen atoms in total. The molecule has 1 aromatic heterocycles. The molecule has 98 valence electrons. The molecule has 0 fully saturated rings. The van der Waals surface area contributed by atoms with Crippen molar-refractivity contribution in [2.75, 3.05) is 20.3 Å². The van der Waals surface area contributed by atoms with Crippen molar-refractivity contribution in [3.63, 3.8) is 0 Å². The van der Waals surface area contributed by atoms with Gasteiger partial charge in [-0.25, -0.2) is 0 Å². The second-order valence-electron chi connectivity index (χ2n) is 4.11. The van der Waals surface area contributed by atoms with E-state index in [1.165, 1.54) is 0 Å². The summed E-state index contributed by atoms with van der Waals surface area (Å²) in [5.41, 5.74) is 1.11. The summed E-state index contributed by atoms with van der Waals surface area (Å²) in [6.07, 6.45) is 0.108. The largest absolute Gasteiger partial charge is 0.465 e. The van der Waals surface area contributed by atoms with E-state index >= 15 is 0 Å². The first-order valence-electron chi connectivity index (χ1n) is 6.09. The predicted molar refractivity (Wildman–Crippen MR) is 67.0 cm³/mol. The first kappa shape index (κ1) is 14.2. The normalized spacial score (nSPS) is 12.9. The third-order valence-electron chi connectivity index (χ3n) is 2.50. The summed E-state index contributed by atoms with van der Waals surface area (Å²) in [6, 6.07) is 2.04. The molecule has 0 aliphatic rings. The second-order valence-corrected chi connectivity index (χ2v) is 4.11. The third-order valence-corrected chi connectivity index (χ3v) is 2.50. The molecule has 0 aliphatic heterocycles. The van der Waals surface area contributed by atoms with Gasteiger partial charge in [0.2, 0.25) is 0 Å². The number of aryl methyl sites for hydroxylation is 1. The first-order chi connectivity index (χ1) is 8.17. The van der Waals surface area contributed by atoms with Gasteiger partial charge in [0.1, 0.15) is 11.5 Å². The number of hydrogen-bond donors (Lipinski definition) is 1. The van der Waals surface area contributed by atoms with Gasteiger partial charge in [0, 0.05) is 12.2 Å². The highest BCUT2D eigenvalue weighted by atomic mass is 16.5. The molecule has 17 heavy (non-hydrogen) atoms. The summed E-state index contributed by atoms with van der Waals surface area (Å²) < 4.78 is 16.6. The minimum Gasteiger partial charge on any atom is -0.465 e. The van der Waals surface area contributed by atoms with Crippen LogP contribution in [0.2, 0.25) is 0 Å². The molecule has 0 radical (unpaired) electrons. The Hall–Kier alpha value is -0.840. The maximum Gasteiger partial charge on any atom is 0.118 e. The van der Waals surface area contributed by atoms with Crippen LogP contribution < -0.4 is 5.32 Å². The fourth-order valence-electron chi connectivity index (χ4n) is 1.56. The van der Waals surface area contributed by atoms with Crippen LogP contribution in [-0.2, 0) is 22.6 Å². The Morgan fingerprint density at radius 1 is 1.47 bits per heavy atom. The van der Waals surface area contributed by atoms with Gasteiger partial charge in [-0.05, 0) is 33.9 Å². The van der Waals surface area contributed by atoms with Crippen LogP contribution in [0.15, 0.2) is 10.5 Å². The van der Waals surface area contributed by atoms with Gasteiger partial charge >= 0.3 is 0 Å². The van der Waals surface area contributed by atoms with Gasteiger partial charge < -0.3 is 19.2 Å². The molecule has 1 rings (SSSR count). The Morgan fingerprint density at radius 3 is 2.88 bits per heavy atom. The summed E-state index contributed by atoms with van der Waals surface area (Å²) in [7, 11) is 1.90. The molecule has 1 heterocycles. The van der Waals surface area contributed by atoms with Crippen LogP contribution in [0.5, 0.6) is 0 Å². The maximum absolute atomic E-state index is 5.70. The van der Waals surface area contributed by atoms with Gasteiger partial charge in [-0.2, -0.15) is 0 Å². The fraction of sp³-hybridized carbons (Fsp3) is 0.692. The summed E-state index contributed by atoms with van der Waals surface area (Å²) in [6.45, 7) is 8.64. The van der Waals surface area contributed by atoms with E-state index in [2.05, 4.69) is 5.32 Å². The van der Waals surface area contributed by atoms with Crippen molar-refractivity contribution >= 4 is 0 Å². The van der Waals surface area contributed by atoms with E-state index in [4.69, 9.17) is 13.9 Å². The van der Waals surface area contributed by atoms with Crippen molar-refractivity contribution in [2.24, 2.45) is 0 Å². The minimum atomic E-state index is 0.108. The number of hydrogen-bond acceptors (Lipinski definition) is 4. The van der Waals surface area contributed by atoms with Crippen molar-refractivity contribution in [3.05, 3.63) is 23.2 Å². The number of nitrogens with one attached hydrogen (secondary N) is 1. The van der Waals surface area contributed by atoms with Gasteiger partial charge in [0.25, 0.3) is 0 Å². The Bertz CT molecular complexity index is 322. The van der Waals surface area contributed by atoms with Crippen LogP contribution in [0.4, 0.5) is 0 Å². The van der Waals surface area contributed by atoms with E-state index in [-0.39, 0.29) is 6.10 Å². The minimum absolute atomic E-state index is 0.108. The van der Waals surface area contributed by atoms with E-state index in [9.17, 15) is 0 Å². The average Bonchev–Trinajstić information content (AvgIpc) is 2.65. The van der Waals surface area contributed by atoms with Crippen molar-refractivity contribution in [1.29, 1.82) is 0 Å². The Labute approximate surface area is 103 Å². The summed E-state index contributed by atoms with van der Waals surface area (Å²) in [5.74, 6) is 1.87. The molecule has 0 aliphatic carbocycles. The lowest BCUT2D eigenvalue weighted by Gasteiger charge is -2.12. The molecule has 1 N–H and O–H groups in total. The van der Waals surface area contributed by atoms with Gasteiger partial charge in [0.15, 0.2) is 0 Å².